The molecule has 0 aromatic carbocycles. The number of carbonyl (C=O) groups is 3. The lowest BCUT2D eigenvalue weighted by Gasteiger charge is -2.18. The van der Waals surface area contributed by atoms with Crippen molar-refractivity contribution >= 4 is 17.9 Å². The highest BCUT2D eigenvalue weighted by atomic mass is 16.6. The van der Waals surface area contributed by atoms with E-state index in [9.17, 15) is 14.4 Å². The number of rotatable bonds is 57. The zero-order valence-corrected chi connectivity index (χ0v) is 48.4. The summed E-state index contributed by atoms with van der Waals surface area (Å²) in [7, 11) is 0. The van der Waals surface area contributed by atoms with Crippen molar-refractivity contribution < 1.29 is 28.6 Å². The molecule has 0 N–H and O–H groups in total. The second-order valence-electron chi connectivity index (χ2n) is 20.9. The molecule has 0 aliphatic rings. The Morgan fingerprint density at radius 2 is 0.534 bits per heavy atom. The highest BCUT2D eigenvalue weighted by Crippen LogP contribution is 2.17. The van der Waals surface area contributed by atoms with E-state index >= 15 is 0 Å². The van der Waals surface area contributed by atoms with Crippen LogP contribution in [0.1, 0.15) is 316 Å². The van der Waals surface area contributed by atoms with Crippen molar-refractivity contribution in [3.05, 3.63) is 72.9 Å². The van der Waals surface area contributed by atoms with E-state index in [0.717, 1.165) is 103 Å². The maximum absolute atomic E-state index is 12.8. The first kappa shape index (κ1) is 69.8. The SMILES string of the molecule is CC/C=C\C/C=C\C/C=C\C/C=C\CCCCCCCCCCC(=O)OC(COC(=O)CCCCCCC)COC(=O)CCCCCCCCCCCCCCCCCCC/C=C\C/C=C\CCCCCCC. The number of ether oxygens (including phenoxy) is 3. The van der Waals surface area contributed by atoms with Crippen LogP contribution in [-0.2, 0) is 28.6 Å². The number of unbranched alkanes of at least 4 members (excludes halogenated alkanes) is 34. The minimum absolute atomic E-state index is 0.0765. The smallest absolute Gasteiger partial charge is 0.306 e. The van der Waals surface area contributed by atoms with Crippen LogP contribution < -0.4 is 0 Å². The molecule has 1 unspecified atom stereocenters. The Labute approximate surface area is 453 Å². The van der Waals surface area contributed by atoms with Gasteiger partial charge in [0.1, 0.15) is 13.2 Å². The zero-order valence-electron chi connectivity index (χ0n) is 48.4. The van der Waals surface area contributed by atoms with Gasteiger partial charge in [0.15, 0.2) is 6.10 Å². The van der Waals surface area contributed by atoms with Crippen molar-refractivity contribution in [3.63, 3.8) is 0 Å². The number of allylic oxidation sites excluding steroid dienone is 12. The van der Waals surface area contributed by atoms with Gasteiger partial charge in [-0.3, -0.25) is 14.4 Å². The van der Waals surface area contributed by atoms with E-state index in [1.165, 1.54) is 173 Å². The van der Waals surface area contributed by atoms with Crippen LogP contribution in [0.25, 0.3) is 0 Å². The van der Waals surface area contributed by atoms with Gasteiger partial charge in [-0.25, -0.2) is 0 Å². The van der Waals surface area contributed by atoms with Gasteiger partial charge in [-0.05, 0) is 89.9 Å². The summed E-state index contributed by atoms with van der Waals surface area (Å²) in [5.41, 5.74) is 0. The molecular weight excluding hydrogens is 901 g/mol. The second-order valence-corrected chi connectivity index (χ2v) is 20.9. The van der Waals surface area contributed by atoms with Gasteiger partial charge in [0.05, 0.1) is 0 Å². The maximum atomic E-state index is 12.8. The first-order valence-corrected chi connectivity index (χ1v) is 31.4. The van der Waals surface area contributed by atoms with Crippen LogP contribution in [0.4, 0.5) is 0 Å². The van der Waals surface area contributed by atoms with Gasteiger partial charge >= 0.3 is 17.9 Å². The van der Waals surface area contributed by atoms with E-state index in [4.69, 9.17) is 14.2 Å². The summed E-state index contributed by atoms with van der Waals surface area (Å²) in [6.07, 6.45) is 79.6. The number of carbonyl (C=O) groups excluding carboxylic acids is 3. The monoisotopic (exact) mass is 1020 g/mol. The van der Waals surface area contributed by atoms with Crippen molar-refractivity contribution in [2.45, 2.75) is 322 Å². The highest BCUT2D eigenvalue weighted by Gasteiger charge is 2.19. The Kier molecular flexibility index (Phi) is 58.7. The van der Waals surface area contributed by atoms with Crippen LogP contribution in [0.2, 0.25) is 0 Å². The van der Waals surface area contributed by atoms with Gasteiger partial charge in [-0.2, -0.15) is 0 Å². The van der Waals surface area contributed by atoms with Gasteiger partial charge in [0.25, 0.3) is 0 Å². The van der Waals surface area contributed by atoms with Crippen molar-refractivity contribution in [2.75, 3.05) is 13.2 Å². The van der Waals surface area contributed by atoms with E-state index in [1.807, 2.05) is 0 Å². The summed E-state index contributed by atoms with van der Waals surface area (Å²) in [4.78, 5) is 37.9. The van der Waals surface area contributed by atoms with Gasteiger partial charge in [-0.1, -0.05) is 280 Å². The first-order valence-electron chi connectivity index (χ1n) is 31.4. The Balaban J connectivity index is 4.01. The molecule has 1 atom stereocenters. The minimum Gasteiger partial charge on any atom is -0.462 e. The largest absolute Gasteiger partial charge is 0.462 e. The fourth-order valence-corrected chi connectivity index (χ4v) is 9.00. The Morgan fingerprint density at radius 1 is 0.288 bits per heavy atom. The summed E-state index contributed by atoms with van der Waals surface area (Å²) in [5, 5.41) is 0. The Morgan fingerprint density at radius 3 is 0.836 bits per heavy atom. The van der Waals surface area contributed by atoms with E-state index < -0.39 is 6.10 Å². The molecule has 0 saturated heterocycles. The van der Waals surface area contributed by atoms with Crippen LogP contribution in [0.15, 0.2) is 72.9 Å². The van der Waals surface area contributed by atoms with Crippen molar-refractivity contribution in [1.29, 1.82) is 0 Å². The molecule has 0 spiro atoms. The molecule has 6 nitrogen and oxygen atoms in total. The van der Waals surface area contributed by atoms with E-state index in [-0.39, 0.29) is 31.1 Å². The van der Waals surface area contributed by atoms with Crippen LogP contribution >= 0.6 is 0 Å². The third kappa shape index (κ3) is 59.6. The minimum atomic E-state index is -0.775. The second kappa shape index (κ2) is 61.4. The molecule has 6 heteroatoms. The third-order valence-electron chi connectivity index (χ3n) is 13.7. The van der Waals surface area contributed by atoms with Crippen LogP contribution in [0, 0.1) is 0 Å². The molecule has 0 saturated carbocycles. The van der Waals surface area contributed by atoms with Crippen molar-refractivity contribution in [2.24, 2.45) is 0 Å². The molecule has 0 aromatic heterocycles. The summed E-state index contributed by atoms with van der Waals surface area (Å²) in [5.74, 6) is -0.887. The van der Waals surface area contributed by atoms with E-state index in [0.29, 0.717) is 19.3 Å². The molecule has 73 heavy (non-hydrogen) atoms. The van der Waals surface area contributed by atoms with E-state index in [1.54, 1.807) is 0 Å². The zero-order chi connectivity index (χ0) is 52.9. The molecule has 0 aliphatic carbocycles. The fraction of sp³-hybridized carbons (Fsp3) is 0.776. The topological polar surface area (TPSA) is 78.9 Å². The lowest BCUT2D eigenvalue weighted by Crippen LogP contribution is -2.30. The molecule has 0 aliphatic heterocycles. The molecule has 0 amide bonds. The molecule has 0 aromatic rings. The van der Waals surface area contributed by atoms with E-state index in [2.05, 4.69) is 93.7 Å². The number of hydrogen-bond donors (Lipinski definition) is 0. The molecule has 0 radical (unpaired) electrons. The first-order chi connectivity index (χ1) is 36.0. The molecule has 0 heterocycles. The lowest BCUT2D eigenvalue weighted by molar-refractivity contribution is -0.167. The normalized spacial score (nSPS) is 12.5. The standard InChI is InChI=1S/C67H118O6/c1-4-7-10-13-15-17-19-21-23-25-27-29-30-31-32-33-34-35-36-38-39-41-43-45-47-49-51-54-57-60-66(69)72-63-64(62-71-65(68)59-56-53-12-9-6-3)73-67(70)61-58-55-52-50-48-46-44-42-40-37-28-26-24-22-20-18-16-14-11-8-5-2/h8,11,16,18-19,21-22,24-25,27-28,37,64H,4-7,9-10,12-15,17,20,23,26,29-36,38-63H2,1-3H3/b11-8-,18-16-,21-19-,24-22-,27-25-,37-28-. The molecule has 0 bridgehead atoms. The summed E-state index contributed by atoms with van der Waals surface area (Å²) >= 11 is 0. The Hall–Kier alpha value is -3.15. The van der Waals surface area contributed by atoms with Crippen molar-refractivity contribution in [1.82, 2.24) is 0 Å². The van der Waals surface area contributed by atoms with Gasteiger partial charge in [0.2, 0.25) is 0 Å². The molecule has 422 valence electrons. The summed E-state index contributed by atoms with van der Waals surface area (Å²) in [6.45, 7) is 6.46. The van der Waals surface area contributed by atoms with Gasteiger partial charge in [-0.15, -0.1) is 0 Å². The number of esters is 3. The predicted molar refractivity (Wildman–Crippen MR) is 316 cm³/mol. The summed E-state index contributed by atoms with van der Waals surface area (Å²) < 4.78 is 16.8. The average molecular weight is 1020 g/mol. The fourth-order valence-electron chi connectivity index (χ4n) is 9.00. The molecule has 0 fully saturated rings. The summed E-state index contributed by atoms with van der Waals surface area (Å²) in [6, 6.07) is 0. The number of hydrogen-bond acceptors (Lipinski definition) is 6. The lowest BCUT2D eigenvalue weighted by atomic mass is 10.0. The van der Waals surface area contributed by atoms with Gasteiger partial charge in [0, 0.05) is 19.3 Å². The molecule has 0 rings (SSSR count). The van der Waals surface area contributed by atoms with Crippen LogP contribution in [-0.4, -0.2) is 37.2 Å². The Bertz CT molecular complexity index is 1360. The average Bonchev–Trinajstić information content (AvgIpc) is 3.39. The van der Waals surface area contributed by atoms with Crippen LogP contribution in [0.5, 0.6) is 0 Å². The van der Waals surface area contributed by atoms with Gasteiger partial charge < -0.3 is 14.2 Å². The van der Waals surface area contributed by atoms with Crippen LogP contribution in [0.3, 0.4) is 0 Å². The highest BCUT2D eigenvalue weighted by molar-refractivity contribution is 5.71. The predicted octanol–water partition coefficient (Wildman–Crippen LogP) is 21.3. The van der Waals surface area contributed by atoms with Crippen molar-refractivity contribution in [3.8, 4) is 0 Å². The molecular formula is C67H118O6. The quantitative estimate of drug-likeness (QED) is 0.0261. The third-order valence-corrected chi connectivity index (χ3v) is 13.7. The maximum Gasteiger partial charge on any atom is 0.306 e.